The number of nitrogens with one attached hydrogen (secondary N) is 1. The molecule has 2 atom stereocenters. The minimum atomic E-state index is -4.36. The van der Waals surface area contributed by atoms with Gasteiger partial charge in [0.05, 0.1) is 17.9 Å². The molecule has 0 aliphatic carbocycles. The molecule has 0 aromatic carbocycles. The van der Waals surface area contributed by atoms with Gasteiger partial charge in [-0.25, -0.2) is 0 Å². The second-order valence-corrected chi connectivity index (χ2v) is 18.2. The fraction of sp³-hybridized carbons (Fsp3) is 0.784. The Morgan fingerprint density at radius 1 is 0.466 bits per heavy atom. The van der Waals surface area contributed by atoms with Gasteiger partial charge >= 0.3 is 0 Å². The molecule has 1 amide bonds. The highest BCUT2D eigenvalue weighted by atomic mass is 32.2. The van der Waals surface area contributed by atoms with Crippen LogP contribution in [0.15, 0.2) is 60.8 Å². The van der Waals surface area contributed by atoms with Crippen LogP contribution in [-0.4, -0.2) is 41.9 Å². The summed E-state index contributed by atoms with van der Waals surface area (Å²) in [5.41, 5.74) is 0. The normalized spacial score (nSPS) is 13.7. The Kier molecular flexibility index (Phi) is 43.1. The van der Waals surface area contributed by atoms with Crippen molar-refractivity contribution in [1.82, 2.24) is 5.32 Å². The summed E-state index contributed by atoms with van der Waals surface area (Å²) >= 11 is 0. The van der Waals surface area contributed by atoms with Crippen molar-refractivity contribution in [3.8, 4) is 0 Å². The van der Waals surface area contributed by atoms with Crippen LogP contribution in [0.2, 0.25) is 0 Å². The van der Waals surface area contributed by atoms with E-state index in [9.17, 15) is 22.9 Å². The number of unbranched alkanes of at least 4 members (excludes halogenated alkanes) is 28. The standard InChI is InChI=1S/C51H93NO5S/c1-3-5-7-9-11-13-15-17-19-21-23-25-26-27-29-31-33-35-37-39-41-43-45-47-51(54)52-49(48-58(55,56)57)50(53)46-44-42-40-38-36-34-32-30-28-24-22-20-18-16-14-12-10-8-6-4-2/h15,17,21,23,26-27,36,38,44,46,49-50,53H,3-14,16,18-20,22,24-25,28-35,37,39-43,45,47-48H2,1-2H3,(H,52,54)(H,55,56,57)/b17-15-,23-21-,27-26-,38-36+,46-44+. The van der Waals surface area contributed by atoms with Crippen LogP contribution >= 0.6 is 0 Å². The summed E-state index contributed by atoms with van der Waals surface area (Å²) in [5.74, 6) is -1.01. The molecule has 7 heteroatoms. The molecule has 0 bridgehead atoms. The van der Waals surface area contributed by atoms with Crippen LogP contribution in [0.3, 0.4) is 0 Å². The zero-order valence-corrected chi connectivity index (χ0v) is 38.7. The highest BCUT2D eigenvalue weighted by molar-refractivity contribution is 7.85. The first-order valence-electron chi connectivity index (χ1n) is 24.5. The molecule has 2 unspecified atom stereocenters. The van der Waals surface area contributed by atoms with Crippen molar-refractivity contribution in [3.63, 3.8) is 0 Å². The average molecular weight is 832 g/mol. The van der Waals surface area contributed by atoms with Gasteiger partial charge in [-0.15, -0.1) is 0 Å². The Morgan fingerprint density at radius 2 is 0.793 bits per heavy atom. The van der Waals surface area contributed by atoms with E-state index in [1.54, 1.807) is 0 Å². The molecule has 0 saturated heterocycles. The van der Waals surface area contributed by atoms with Gasteiger partial charge in [-0.3, -0.25) is 9.35 Å². The van der Waals surface area contributed by atoms with Crippen molar-refractivity contribution in [2.45, 2.75) is 251 Å². The minimum absolute atomic E-state index is 0.278. The lowest BCUT2D eigenvalue weighted by Crippen LogP contribution is -2.46. The van der Waals surface area contributed by atoms with Crippen molar-refractivity contribution in [2.24, 2.45) is 0 Å². The number of carbonyl (C=O) groups is 1. The Hall–Kier alpha value is -1.96. The number of hydrogen-bond acceptors (Lipinski definition) is 4. The summed E-state index contributed by atoms with van der Waals surface area (Å²) in [6.07, 6.45) is 62.2. The fourth-order valence-electron chi connectivity index (χ4n) is 7.24. The molecule has 0 aromatic heterocycles. The predicted molar refractivity (Wildman–Crippen MR) is 253 cm³/mol. The van der Waals surface area contributed by atoms with Gasteiger partial charge in [-0.1, -0.05) is 222 Å². The Bertz CT molecular complexity index is 1140. The van der Waals surface area contributed by atoms with Gasteiger partial charge < -0.3 is 10.4 Å². The third-order valence-corrected chi connectivity index (χ3v) is 11.7. The maximum Gasteiger partial charge on any atom is 0.267 e. The first-order valence-corrected chi connectivity index (χ1v) is 26.1. The SMILES string of the molecule is CCCCCCC/C=C\C/C=C\C/C=C\CCCCCCCCCCC(=O)NC(CS(=O)(=O)O)C(O)/C=C/CC/C=C/CCCCCCCCCCCCCCCC. The lowest BCUT2D eigenvalue weighted by molar-refractivity contribution is -0.122. The van der Waals surface area contributed by atoms with Crippen LogP contribution < -0.4 is 5.32 Å². The quantitative estimate of drug-likeness (QED) is 0.0322. The molecular weight excluding hydrogens is 739 g/mol. The van der Waals surface area contributed by atoms with Crippen LogP contribution in [0.5, 0.6) is 0 Å². The number of aliphatic hydroxyl groups is 1. The second-order valence-electron chi connectivity index (χ2n) is 16.7. The maximum atomic E-state index is 12.6. The average Bonchev–Trinajstić information content (AvgIpc) is 3.19. The molecule has 0 aliphatic heterocycles. The van der Waals surface area contributed by atoms with Crippen LogP contribution in [-0.2, 0) is 14.9 Å². The lowest BCUT2D eigenvalue weighted by Gasteiger charge is -2.21. The monoisotopic (exact) mass is 832 g/mol. The Balaban J connectivity index is 3.90. The maximum absolute atomic E-state index is 12.6. The Morgan fingerprint density at radius 3 is 1.21 bits per heavy atom. The number of allylic oxidation sites excluding steroid dienone is 9. The topological polar surface area (TPSA) is 104 Å². The molecule has 6 nitrogen and oxygen atoms in total. The van der Waals surface area contributed by atoms with E-state index in [4.69, 9.17) is 0 Å². The number of amides is 1. The van der Waals surface area contributed by atoms with E-state index in [2.05, 4.69) is 67.8 Å². The molecular formula is C51H93NO5S. The van der Waals surface area contributed by atoms with E-state index in [1.807, 2.05) is 6.08 Å². The van der Waals surface area contributed by atoms with Gasteiger partial charge in [0, 0.05) is 6.42 Å². The van der Waals surface area contributed by atoms with Gasteiger partial charge in [-0.2, -0.15) is 8.42 Å². The third-order valence-electron chi connectivity index (χ3n) is 10.9. The van der Waals surface area contributed by atoms with E-state index >= 15 is 0 Å². The summed E-state index contributed by atoms with van der Waals surface area (Å²) in [6, 6.07) is -1.08. The lowest BCUT2D eigenvalue weighted by atomic mass is 10.0. The van der Waals surface area contributed by atoms with Crippen molar-refractivity contribution in [2.75, 3.05) is 5.75 Å². The second kappa shape index (κ2) is 44.6. The zero-order chi connectivity index (χ0) is 42.5. The minimum Gasteiger partial charge on any atom is -0.387 e. The van der Waals surface area contributed by atoms with Crippen molar-refractivity contribution >= 4 is 16.0 Å². The van der Waals surface area contributed by atoms with Gasteiger partial charge in [0.15, 0.2) is 0 Å². The molecule has 3 N–H and O–H groups in total. The van der Waals surface area contributed by atoms with E-state index in [-0.39, 0.29) is 12.3 Å². The van der Waals surface area contributed by atoms with E-state index in [0.29, 0.717) is 6.42 Å². The molecule has 0 rings (SSSR count). The molecule has 0 radical (unpaired) electrons. The predicted octanol–water partition coefficient (Wildman–Crippen LogP) is 15.2. The van der Waals surface area contributed by atoms with Crippen molar-refractivity contribution in [1.29, 1.82) is 0 Å². The summed E-state index contributed by atoms with van der Waals surface area (Å²) in [5, 5.41) is 13.3. The number of rotatable bonds is 44. The fourth-order valence-corrected chi connectivity index (χ4v) is 7.97. The molecule has 0 aliphatic rings. The van der Waals surface area contributed by atoms with Gasteiger partial charge in [0.2, 0.25) is 5.91 Å². The molecule has 58 heavy (non-hydrogen) atoms. The molecule has 0 fully saturated rings. The van der Waals surface area contributed by atoms with Gasteiger partial charge in [0.25, 0.3) is 10.1 Å². The summed E-state index contributed by atoms with van der Waals surface area (Å²) in [6.45, 7) is 4.53. The van der Waals surface area contributed by atoms with Crippen LogP contribution in [0.25, 0.3) is 0 Å². The number of aliphatic hydroxyl groups excluding tert-OH is 1. The first kappa shape index (κ1) is 56.0. The zero-order valence-electron chi connectivity index (χ0n) is 37.9. The molecule has 0 spiro atoms. The van der Waals surface area contributed by atoms with Gasteiger partial charge in [0.1, 0.15) is 0 Å². The third kappa shape index (κ3) is 45.1. The van der Waals surface area contributed by atoms with Crippen LogP contribution in [0.1, 0.15) is 239 Å². The molecule has 0 aromatic rings. The number of carbonyl (C=O) groups excluding carboxylic acids is 1. The van der Waals surface area contributed by atoms with Crippen LogP contribution in [0, 0.1) is 0 Å². The molecule has 0 saturated carbocycles. The van der Waals surface area contributed by atoms with E-state index in [1.165, 1.54) is 160 Å². The van der Waals surface area contributed by atoms with E-state index in [0.717, 1.165) is 57.8 Å². The van der Waals surface area contributed by atoms with Crippen LogP contribution in [0.4, 0.5) is 0 Å². The summed E-state index contributed by atoms with van der Waals surface area (Å²) in [4.78, 5) is 12.6. The largest absolute Gasteiger partial charge is 0.387 e. The smallest absolute Gasteiger partial charge is 0.267 e. The van der Waals surface area contributed by atoms with Gasteiger partial charge in [-0.05, 0) is 70.6 Å². The van der Waals surface area contributed by atoms with E-state index < -0.39 is 28.0 Å². The molecule has 0 heterocycles. The van der Waals surface area contributed by atoms with Crippen molar-refractivity contribution < 1.29 is 22.9 Å². The highest BCUT2D eigenvalue weighted by Crippen LogP contribution is 2.15. The Labute approximate surface area is 360 Å². The van der Waals surface area contributed by atoms with Crippen molar-refractivity contribution in [3.05, 3.63) is 60.8 Å². The number of hydrogen-bond donors (Lipinski definition) is 3. The molecule has 338 valence electrons. The highest BCUT2D eigenvalue weighted by Gasteiger charge is 2.24. The summed E-state index contributed by atoms with van der Waals surface area (Å²) in [7, 11) is -4.36. The first-order chi connectivity index (χ1) is 28.3. The summed E-state index contributed by atoms with van der Waals surface area (Å²) < 4.78 is 32.6.